The van der Waals surface area contributed by atoms with Gasteiger partial charge in [0.05, 0.1) is 11.6 Å². The third-order valence-electron chi connectivity index (χ3n) is 5.90. The molecule has 1 aliphatic rings. The molecule has 4 rings (SSSR count). The first-order valence-corrected chi connectivity index (χ1v) is 10.9. The largest absolute Gasteiger partial charge is 0.358 e. The number of hydrogen-bond donors (Lipinski definition) is 1. The number of amides is 1. The van der Waals surface area contributed by atoms with Gasteiger partial charge in [-0.15, -0.1) is 0 Å². The molecule has 1 atom stereocenters. The lowest BCUT2D eigenvalue weighted by molar-refractivity contribution is -0.134. The molecule has 5 heteroatoms. The van der Waals surface area contributed by atoms with Gasteiger partial charge in [0.1, 0.15) is 0 Å². The van der Waals surface area contributed by atoms with Crippen molar-refractivity contribution in [3.05, 3.63) is 77.2 Å². The average Bonchev–Trinajstić information content (AvgIpc) is 3.12. The van der Waals surface area contributed by atoms with Gasteiger partial charge in [0, 0.05) is 62.1 Å². The second-order valence-electron chi connectivity index (χ2n) is 8.87. The first-order valence-electron chi connectivity index (χ1n) is 10.9. The second kappa shape index (κ2) is 8.88. The van der Waals surface area contributed by atoms with Crippen LogP contribution in [0.4, 0.5) is 0 Å². The summed E-state index contributed by atoms with van der Waals surface area (Å²) in [6.45, 7) is 4.88. The van der Waals surface area contributed by atoms with E-state index in [1.807, 2.05) is 37.4 Å². The molecule has 0 saturated carbocycles. The molecule has 0 aliphatic heterocycles. The predicted molar refractivity (Wildman–Crippen MR) is 122 cm³/mol. The van der Waals surface area contributed by atoms with Gasteiger partial charge in [-0.2, -0.15) is 0 Å². The smallest absolute Gasteiger partial charge is 0.226 e. The van der Waals surface area contributed by atoms with Gasteiger partial charge in [0.2, 0.25) is 5.91 Å². The van der Waals surface area contributed by atoms with E-state index in [0.29, 0.717) is 25.3 Å². The Balaban J connectivity index is 1.72. The molecule has 1 aromatic carbocycles. The summed E-state index contributed by atoms with van der Waals surface area (Å²) < 4.78 is 0. The molecule has 5 nitrogen and oxygen atoms in total. The summed E-state index contributed by atoms with van der Waals surface area (Å²) in [7, 11) is 1.83. The Morgan fingerprint density at radius 2 is 1.84 bits per heavy atom. The molecule has 1 amide bonds. The van der Waals surface area contributed by atoms with Crippen LogP contribution in [-0.4, -0.2) is 40.2 Å². The Morgan fingerprint density at radius 1 is 1.13 bits per heavy atom. The maximum Gasteiger partial charge on any atom is 0.226 e. The summed E-state index contributed by atoms with van der Waals surface area (Å²) in [4.78, 5) is 35.7. The van der Waals surface area contributed by atoms with Crippen molar-refractivity contribution in [2.45, 2.75) is 33.1 Å². The van der Waals surface area contributed by atoms with Gasteiger partial charge in [0.25, 0.3) is 0 Å². The first kappa shape index (κ1) is 21.0. The number of Topliss-reactive ketones (excluding diaryl/α,β-unsaturated/α-hetero) is 1. The van der Waals surface area contributed by atoms with E-state index in [4.69, 9.17) is 0 Å². The maximum absolute atomic E-state index is 13.3. The SMILES string of the molecule is CC(C)CN(C)C(=O)C1CC(=O)c2c([nH]c(-c3ccncc3)c2Cc2ccccc2)C1. The summed E-state index contributed by atoms with van der Waals surface area (Å²) in [5.74, 6) is 0.194. The minimum Gasteiger partial charge on any atom is -0.358 e. The van der Waals surface area contributed by atoms with Crippen LogP contribution < -0.4 is 0 Å². The molecule has 31 heavy (non-hydrogen) atoms. The predicted octanol–water partition coefficient (Wildman–Crippen LogP) is 4.53. The highest BCUT2D eigenvalue weighted by molar-refractivity contribution is 6.04. The van der Waals surface area contributed by atoms with Gasteiger partial charge >= 0.3 is 0 Å². The molecule has 1 aliphatic carbocycles. The van der Waals surface area contributed by atoms with E-state index in [0.717, 1.165) is 33.6 Å². The van der Waals surface area contributed by atoms with Gasteiger partial charge in [0.15, 0.2) is 5.78 Å². The quantitative estimate of drug-likeness (QED) is 0.643. The number of H-pyrrole nitrogens is 1. The molecule has 0 saturated heterocycles. The molecule has 0 spiro atoms. The Bertz CT molecular complexity index is 1070. The van der Waals surface area contributed by atoms with Crippen molar-refractivity contribution in [3.8, 4) is 11.3 Å². The lowest BCUT2D eigenvalue weighted by Gasteiger charge is -2.27. The molecule has 0 radical (unpaired) electrons. The van der Waals surface area contributed by atoms with Crippen molar-refractivity contribution in [1.29, 1.82) is 0 Å². The lowest BCUT2D eigenvalue weighted by Crippen LogP contribution is -2.39. The molecule has 160 valence electrons. The number of aromatic amines is 1. The summed E-state index contributed by atoms with van der Waals surface area (Å²) in [5, 5.41) is 0. The number of pyridine rings is 1. The van der Waals surface area contributed by atoms with Crippen molar-refractivity contribution in [2.75, 3.05) is 13.6 Å². The molecular formula is C26H29N3O2. The topological polar surface area (TPSA) is 66.1 Å². The van der Waals surface area contributed by atoms with Crippen LogP contribution in [0.1, 0.15) is 47.4 Å². The minimum absolute atomic E-state index is 0.0531. The highest BCUT2D eigenvalue weighted by Crippen LogP contribution is 2.36. The summed E-state index contributed by atoms with van der Waals surface area (Å²) in [5.41, 5.74) is 5.77. The van der Waals surface area contributed by atoms with E-state index in [2.05, 4.69) is 35.9 Å². The molecule has 3 aromatic rings. The average molecular weight is 416 g/mol. The third-order valence-corrected chi connectivity index (χ3v) is 5.90. The van der Waals surface area contributed by atoms with Crippen LogP contribution in [0.25, 0.3) is 11.3 Å². The molecule has 1 unspecified atom stereocenters. The number of nitrogens with one attached hydrogen (secondary N) is 1. The summed E-state index contributed by atoms with van der Waals surface area (Å²) in [6.07, 6.45) is 5.02. The number of carbonyl (C=O) groups excluding carboxylic acids is 2. The normalized spacial score (nSPS) is 15.7. The summed E-state index contributed by atoms with van der Waals surface area (Å²) in [6, 6.07) is 14.1. The third kappa shape index (κ3) is 4.46. The van der Waals surface area contributed by atoms with Crippen molar-refractivity contribution >= 4 is 11.7 Å². The van der Waals surface area contributed by atoms with E-state index in [1.165, 1.54) is 0 Å². The number of benzene rings is 1. The summed E-state index contributed by atoms with van der Waals surface area (Å²) >= 11 is 0. The number of nitrogens with zero attached hydrogens (tertiary/aromatic N) is 2. The molecule has 1 N–H and O–H groups in total. The van der Waals surface area contributed by atoms with E-state index in [-0.39, 0.29) is 24.0 Å². The van der Waals surface area contributed by atoms with E-state index in [9.17, 15) is 9.59 Å². The Morgan fingerprint density at radius 3 is 2.52 bits per heavy atom. The number of fused-ring (bicyclic) bond motifs is 1. The van der Waals surface area contributed by atoms with Gasteiger partial charge < -0.3 is 9.88 Å². The second-order valence-corrected chi connectivity index (χ2v) is 8.87. The van der Waals surface area contributed by atoms with Crippen LogP contribution in [0.5, 0.6) is 0 Å². The highest BCUT2D eigenvalue weighted by Gasteiger charge is 2.35. The fourth-order valence-corrected chi connectivity index (χ4v) is 4.60. The first-order chi connectivity index (χ1) is 14.9. The fourth-order valence-electron chi connectivity index (χ4n) is 4.60. The van der Waals surface area contributed by atoms with Crippen LogP contribution >= 0.6 is 0 Å². The molecule has 2 heterocycles. The number of carbonyl (C=O) groups is 2. The number of rotatable bonds is 6. The zero-order chi connectivity index (χ0) is 22.0. The van der Waals surface area contributed by atoms with Gasteiger partial charge in [-0.25, -0.2) is 0 Å². The van der Waals surface area contributed by atoms with Crippen molar-refractivity contribution in [1.82, 2.24) is 14.9 Å². The monoisotopic (exact) mass is 415 g/mol. The zero-order valence-corrected chi connectivity index (χ0v) is 18.4. The highest BCUT2D eigenvalue weighted by atomic mass is 16.2. The van der Waals surface area contributed by atoms with E-state index in [1.54, 1.807) is 17.3 Å². The maximum atomic E-state index is 13.3. The van der Waals surface area contributed by atoms with Crippen LogP contribution in [0, 0.1) is 11.8 Å². The van der Waals surface area contributed by atoms with E-state index >= 15 is 0 Å². The fraction of sp³-hybridized carbons (Fsp3) is 0.346. The van der Waals surface area contributed by atoms with Gasteiger partial charge in [-0.05, 0) is 29.2 Å². The number of aromatic nitrogens is 2. The lowest BCUT2D eigenvalue weighted by atomic mass is 9.83. The molecule has 2 aromatic heterocycles. The Kier molecular flexibility index (Phi) is 6.03. The van der Waals surface area contributed by atoms with Gasteiger partial charge in [-0.3, -0.25) is 14.6 Å². The van der Waals surface area contributed by atoms with Crippen LogP contribution in [-0.2, 0) is 17.6 Å². The number of hydrogen-bond acceptors (Lipinski definition) is 3. The van der Waals surface area contributed by atoms with Crippen molar-refractivity contribution in [2.24, 2.45) is 11.8 Å². The standard InChI is InChI=1S/C26H29N3O2/c1-17(2)16-29(3)26(31)20-14-22-24(23(30)15-20)21(13-18-7-5-4-6-8-18)25(28-22)19-9-11-27-12-10-19/h4-12,17,20,28H,13-16H2,1-3H3. The van der Waals surface area contributed by atoms with Crippen molar-refractivity contribution in [3.63, 3.8) is 0 Å². The molecule has 0 fully saturated rings. The van der Waals surface area contributed by atoms with Crippen LogP contribution in [0.2, 0.25) is 0 Å². The van der Waals surface area contributed by atoms with Gasteiger partial charge in [-0.1, -0.05) is 44.2 Å². The van der Waals surface area contributed by atoms with Crippen LogP contribution in [0.15, 0.2) is 54.9 Å². The van der Waals surface area contributed by atoms with Crippen molar-refractivity contribution < 1.29 is 9.59 Å². The molecular weight excluding hydrogens is 386 g/mol. The Hall–Kier alpha value is -3.21. The Labute approximate surface area is 183 Å². The molecule has 0 bridgehead atoms. The zero-order valence-electron chi connectivity index (χ0n) is 18.4. The van der Waals surface area contributed by atoms with E-state index < -0.39 is 0 Å². The minimum atomic E-state index is -0.308. The number of ketones is 1. The van der Waals surface area contributed by atoms with Crippen LogP contribution in [0.3, 0.4) is 0 Å².